The normalized spacial score (nSPS) is 30.1. The largest absolute Gasteiger partial charge is 0.494 e. The molecular weight excluding hydrogens is 1460 g/mol. The van der Waals surface area contributed by atoms with E-state index in [1.807, 2.05) is 77.9 Å². The minimum Gasteiger partial charge on any atom is -0.494 e. The SMILES string of the molecule is C.C.C.C.C.C.CCC(C)(C)C(=O)OC1C2CC3C1OC(=O)C3(C(=O)OCCOc1ccc(COC)cc1)C2.CCC(C)(F)C(=O)OC12CC3CC(C1)CC(OC1CCC(Oc4c(COC(C)C)cc(C)cc4COC(C)C)CC1)(C3)C2.CCOC(C)c1ccc(OCCCOC23CC4CC(C2)CC(OC(=O)C(C)CC)(C4)C3)cc1. The number of aryl methyl sites for hydroxylation is 1. The van der Waals surface area contributed by atoms with Crippen LogP contribution in [0.3, 0.4) is 0 Å². The molecule has 3 aromatic carbocycles. The summed E-state index contributed by atoms with van der Waals surface area (Å²) in [5.41, 5.74) is 0.461. The molecule has 15 rings (SSSR count). The monoisotopic (exact) mass is 1620 g/mol. The summed E-state index contributed by atoms with van der Waals surface area (Å²) in [5, 5.41) is 0. The number of esters is 5. The fraction of sp³-hybridized carbons (Fsp3) is 0.758. The van der Waals surface area contributed by atoms with Crippen LogP contribution in [0.1, 0.15) is 310 Å². The van der Waals surface area contributed by atoms with Crippen molar-refractivity contribution in [3.05, 3.63) is 88.5 Å². The molecule has 1 heterocycles. The molecule has 12 unspecified atom stereocenters. The van der Waals surface area contributed by atoms with E-state index in [0.717, 1.165) is 130 Å². The molecule has 19 nitrogen and oxygen atoms in total. The van der Waals surface area contributed by atoms with Gasteiger partial charge in [-0.3, -0.25) is 19.2 Å². The lowest BCUT2D eigenvalue weighted by molar-refractivity contribution is -0.252. The lowest BCUT2D eigenvalue weighted by Crippen LogP contribution is -2.62. The number of alkyl halides is 1. The second-order valence-corrected chi connectivity index (χ2v) is 35.6. The van der Waals surface area contributed by atoms with Gasteiger partial charge < -0.3 is 66.3 Å². The van der Waals surface area contributed by atoms with Crippen LogP contribution < -0.4 is 14.2 Å². The van der Waals surface area contributed by atoms with Crippen molar-refractivity contribution >= 4 is 29.8 Å². The number of fused-ring (bicyclic) bond motifs is 1. The Hall–Kier alpha value is -5.90. The number of halogens is 1. The summed E-state index contributed by atoms with van der Waals surface area (Å²) in [4.78, 5) is 63.7. The molecule has 12 atom stereocenters. The Balaban J connectivity index is 0.000000304. The van der Waals surface area contributed by atoms with E-state index in [1.165, 1.54) is 25.3 Å². The maximum Gasteiger partial charge on any atom is 0.344 e. The third kappa shape index (κ3) is 23.8. The summed E-state index contributed by atoms with van der Waals surface area (Å²) >= 11 is 0. The Labute approximate surface area is 692 Å². The molecule has 10 bridgehead atoms. The number of carbonyl (C=O) groups excluding carboxylic acids is 5. The molecule has 1 aliphatic heterocycles. The lowest BCUT2D eigenvalue weighted by Gasteiger charge is -2.61. The molecule has 0 radical (unpaired) electrons. The predicted octanol–water partition coefficient (Wildman–Crippen LogP) is 21.4. The van der Waals surface area contributed by atoms with Crippen LogP contribution in [-0.2, 0) is 95.9 Å². The van der Waals surface area contributed by atoms with Crippen molar-refractivity contribution in [2.75, 3.05) is 40.1 Å². The first kappa shape index (κ1) is 99.7. The first-order chi connectivity index (χ1) is 51.9. The molecule has 0 spiro atoms. The van der Waals surface area contributed by atoms with Gasteiger partial charge in [-0.25, -0.2) is 9.18 Å². The molecular formula is C95H153FO19. The van der Waals surface area contributed by atoms with Gasteiger partial charge in [0.2, 0.25) is 5.67 Å². The summed E-state index contributed by atoms with van der Waals surface area (Å²) in [6.45, 7) is 30.9. The number of hydrogen-bond donors (Lipinski definition) is 0. The standard InChI is InChI=1S/C36H55FO6.C28H42O5.C25H32O8.6CH4/c1-8-34(7,37)33(38)43-36-18-26-15-27(19-36)17-35(16-26,22-36)42-31-11-9-30(10-12-31)41-32-28(20-39-23(2)3)13-25(6)14-29(32)21-40-24(4)5;1-5-20(3)26(29)33-28-17-22-14-23(18-28)16-27(15-22,19-28)32-13-7-12-31-25-10-8-24(9-11-25)21(4)30-6-2;1-5-24(2,3)21(26)32-19-16-12-18-20(19)33-23(28)25(18,13-16)22(27)31-11-10-30-17-8-6-15(7-9-17)14-29-4;;;;;;/h13-14,23-24,26-27,30-31H,8-12,15-22H2,1-7H3;8-11,20-23H,5-7,12-19H2,1-4H3;6-9,16,18-20H,5,10-14H2,1-4H3;6*1H4. The van der Waals surface area contributed by atoms with E-state index in [0.29, 0.717) is 88.3 Å². The minimum absolute atomic E-state index is 0. The molecule has 12 aliphatic rings. The highest BCUT2D eigenvalue weighted by Crippen LogP contribution is 2.65. The van der Waals surface area contributed by atoms with Gasteiger partial charge in [0.05, 0.1) is 86.1 Å². The zero-order valence-corrected chi connectivity index (χ0v) is 68.2. The summed E-state index contributed by atoms with van der Waals surface area (Å²) in [7, 11) is 1.64. The van der Waals surface area contributed by atoms with E-state index in [9.17, 15) is 28.4 Å². The predicted molar refractivity (Wildman–Crippen MR) is 450 cm³/mol. The van der Waals surface area contributed by atoms with E-state index in [-0.39, 0.29) is 148 Å². The number of hydrogen-bond acceptors (Lipinski definition) is 19. The average Bonchev–Trinajstić information content (AvgIpc) is 1.60. The Kier molecular flexibility index (Phi) is 36.7. The highest BCUT2D eigenvalue weighted by Gasteiger charge is 2.76. The number of methoxy groups -OCH3 is 1. The van der Waals surface area contributed by atoms with Gasteiger partial charge in [0, 0.05) is 55.9 Å². The molecule has 0 amide bonds. The van der Waals surface area contributed by atoms with Crippen LogP contribution in [0.25, 0.3) is 0 Å². The third-order valence-electron chi connectivity index (χ3n) is 25.7. The van der Waals surface area contributed by atoms with E-state index >= 15 is 0 Å². The molecule has 0 N–H and O–H groups in total. The summed E-state index contributed by atoms with van der Waals surface area (Å²) in [6, 6.07) is 20.0. The van der Waals surface area contributed by atoms with Gasteiger partial charge in [-0.2, -0.15) is 0 Å². The van der Waals surface area contributed by atoms with Crippen LogP contribution in [0.5, 0.6) is 17.2 Å². The minimum atomic E-state index is -1.94. The number of benzene rings is 3. The molecule has 115 heavy (non-hydrogen) atoms. The van der Waals surface area contributed by atoms with Gasteiger partial charge in [-0.1, -0.05) is 114 Å². The van der Waals surface area contributed by atoms with Crippen molar-refractivity contribution < 1.29 is 94.7 Å². The Morgan fingerprint density at radius 2 is 1.11 bits per heavy atom. The number of rotatable bonds is 35. The van der Waals surface area contributed by atoms with Gasteiger partial charge in [-0.05, 0) is 250 Å². The zero-order valence-electron chi connectivity index (χ0n) is 68.2. The van der Waals surface area contributed by atoms with Crippen LogP contribution in [0.15, 0.2) is 60.7 Å². The van der Waals surface area contributed by atoms with Crippen LogP contribution in [0.2, 0.25) is 0 Å². The maximum absolute atomic E-state index is 14.9. The molecule has 654 valence electrons. The molecule has 1 saturated heterocycles. The van der Waals surface area contributed by atoms with Crippen molar-refractivity contribution in [3.63, 3.8) is 0 Å². The summed E-state index contributed by atoms with van der Waals surface area (Å²) < 4.78 is 98.6. The topological polar surface area (TPSA) is 215 Å². The molecule has 20 heteroatoms. The molecule has 3 aromatic rings. The van der Waals surface area contributed by atoms with Crippen LogP contribution >= 0.6 is 0 Å². The fourth-order valence-corrected chi connectivity index (χ4v) is 20.1. The van der Waals surface area contributed by atoms with E-state index < -0.39 is 52.2 Å². The molecule has 0 aromatic heterocycles. The fourth-order valence-electron chi connectivity index (χ4n) is 20.1. The van der Waals surface area contributed by atoms with Gasteiger partial charge >= 0.3 is 29.8 Å². The van der Waals surface area contributed by atoms with E-state index in [4.69, 9.17) is 66.3 Å². The van der Waals surface area contributed by atoms with E-state index in [2.05, 4.69) is 65.8 Å². The first-order valence-corrected chi connectivity index (χ1v) is 41.5. The van der Waals surface area contributed by atoms with Crippen LogP contribution in [0, 0.1) is 59.2 Å². The Morgan fingerprint density at radius 3 is 1.64 bits per heavy atom. The highest BCUT2D eigenvalue weighted by molar-refractivity contribution is 6.03. The first-order valence-electron chi connectivity index (χ1n) is 41.5. The quantitative estimate of drug-likeness (QED) is 0.0232. The summed E-state index contributed by atoms with van der Waals surface area (Å²) in [5.74, 6) is 2.10. The van der Waals surface area contributed by atoms with Gasteiger partial charge in [0.1, 0.15) is 53.9 Å². The van der Waals surface area contributed by atoms with Gasteiger partial charge in [-0.15, -0.1) is 0 Å². The average molecular weight is 1620 g/mol. The molecule has 12 fully saturated rings. The molecule has 11 saturated carbocycles. The highest BCUT2D eigenvalue weighted by atomic mass is 19.1. The van der Waals surface area contributed by atoms with Crippen molar-refractivity contribution in [3.8, 4) is 17.2 Å². The van der Waals surface area contributed by atoms with Gasteiger partial charge in [0.15, 0.2) is 5.41 Å². The van der Waals surface area contributed by atoms with Crippen molar-refractivity contribution in [2.24, 2.45) is 52.3 Å². The lowest BCUT2D eigenvalue weighted by atomic mass is 9.52. The van der Waals surface area contributed by atoms with Gasteiger partial charge in [0.25, 0.3) is 0 Å². The number of carbonyl (C=O) groups is 5. The maximum atomic E-state index is 14.9. The van der Waals surface area contributed by atoms with E-state index in [1.54, 1.807) is 14.0 Å². The van der Waals surface area contributed by atoms with Crippen LogP contribution in [-0.4, -0.2) is 135 Å². The third-order valence-corrected chi connectivity index (χ3v) is 25.7. The zero-order chi connectivity index (χ0) is 78.3. The second kappa shape index (κ2) is 42.4. The van der Waals surface area contributed by atoms with Crippen molar-refractivity contribution in [1.82, 2.24) is 0 Å². The van der Waals surface area contributed by atoms with Crippen molar-refractivity contribution in [2.45, 2.75) is 373 Å². The molecule has 11 aliphatic carbocycles. The Bertz CT molecular complexity index is 3480. The summed E-state index contributed by atoms with van der Waals surface area (Å²) in [6.07, 6.45) is 18.7. The Morgan fingerprint density at radius 1 is 0.591 bits per heavy atom. The van der Waals surface area contributed by atoms with Crippen molar-refractivity contribution in [1.29, 1.82) is 0 Å². The van der Waals surface area contributed by atoms with Crippen LogP contribution in [0.4, 0.5) is 4.39 Å². The smallest absolute Gasteiger partial charge is 0.344 e. The number of ether oxygens (including phenoxy) is 14. The second-order valence-electron chi connectivity index (χ2n) is 35.6.